The molecule has 18 rings (SSSR count). The number of nitrogens with one attached hydrogen (secondary N) is 3. The molecule has 0 saturated carbocycles. The number of rotatable bonds is 12. The molecule has 0 bridgehead atoms. The van der Waals surface area contributed by atoms with Crippen LogP contribution in [0.4, 0.5) is 0 Å². The molecule has 0 unspecified atom stereocenters. The molecule has 3 aliphatic heterocycles. The molecule has 6 aromatic heterocycles. The van der Waals surface area contributed by atoms with Crippen molar-refractivity contribution in [1.82, 2.24) is 73.3 Å². The molecule has 3 fully saturated rings. The Bertz CT molecular complexity index is 5580. The average molecular weight is 1530 g/mol. The van der Waals surface area contributed by atoms with Gasteiger partial charge in [0.1, 0.15) is 5.69 Å². The van der Waals surface area contributed by atoms with Gasteiger partial charge in [-0.2, -0.15) is 0 Å². The quantitative estimate of drug-likeness (QED) is 0.0560. The Morgan fingerprint density at radius 3 is 0.973 bits per heavy atom. The maximum absolute atomic E-state index is 12.5. The van der Waals surface area contributed by atoms with Gasteiger partial charge in [0.25, 0.3) is 0 Å². The predicted molar refractivity (Wildman–Crippen MR) is 440 cm³/mol. The van der Waals surface area contributed by atoms with Gasteiger partial charge in [-0.1, -0.05) is 180 Å². The summed E-state index contributed by atoms with van der Waals surface area (Å²) < 4.78 is 5.80. The highest BCUT2D eigenvalue weighted by Crippen LogP contribution is 2.33. The smallest absolute Gasteiger partial charge is 0.427 e. The summed E-state index contributed by atoms with van der Waals surface area (Å²) in [6.45, 7) is 11.7. The molecule has 9 heterocycles. The van der Waals surface area contributed by atoms with Crippen LogP contribution in [0.5, 0.6) is 0 Å². The Morgan fingerprint density at radius 2 is 0.636 bits per heavy atom. The number of halogens is 3. The monoisotopic (exact) mass is 1530 g/mol. The fraction of sp³-hybridized carbons (Fsp3) is 0.241. The summed E-state index contributed by atoms with van der Waals surface area (Å²) in [5.74, 6) is 0. The lowest BCUT2D eigenvalue weighted by molar-refractivity contribution is 0.180. The number of H-pyrrole nitrogens is 3. The maximum atomic E-state index is 12.5. The summed E-state index contributed by atoms with van der Waals surface area (Å²) in [5, 5.41) is 34.5. The van der Waals surface area contributed by atoms with E-state index in [-0.39, 0.29) is 45.5 Å². The summed E-state index contributed by atoms with van der Waals surface area (Å²) in [5.41, 5.74) is 19.5. The maximum Gasteiger partial charge on any atom is 0.488 e. The van der Waals surface area contributed by atoms with Gasteiger partial charge in [-0.25, -0.2) is 44.3 Å². The van der Waals surface area contributed by atoms with Crippen molar-refractivity contribution >= 4 is 121 Å². The van der Waals surface area contributed by atoms with Crippen molar-refractivity contribution in [2.45, 2.75) is 90.0 Å². The predicted octanol–water partition coefficient (Wildman–Crippen LogP) is 13.4. The highest BCUT2D eigenvalue weighted by Gasteiger charge is 2.28. The Labute approximate surface area is 649 Å². The molecule has 0 spiro atoms. The minimum absolute atomic E-state index is 0.00215. The highest BCUT2D eigenvalue weighted by molar-refractivity contribution is 6.58. The van der Waals surface area contributed by atoms with Gasteiger partial charge in [-0.3, -0.25) is 28.4 Å². The van der Waals surface area contributed by atoms with Crippen molar-refractivity contribution in [2.24, 2.45) is 0 Å². The first kappa shape index (κ1) is 76.3. The molecular formula is C83H82B2Cl3N15O7. The molecule has 558 valence electrons. The van der Waals surface area contributed by atoms with E-state index in [0.29, 0.717) is 16.3 Å². The molecule has 0 aliphatic carbocycles. The third-order valence-electron chi connectivity index (χ3n) is 20.4. The minimum atomic E-state index is -1.42. The average Bonchev–Trinajstić information content (AvgIpc) is 1.64. The highest BCUT2D eigenvalue weighted by atomic mass is 35.5. The first-order valence-electron chi connectivity index (χ1n) is 36.9. The van der Waals surface area contributed by atoms with Crippen LogP contribution < -0.4 is 22.5 Å². The molecule has 22 nitrogen and oxygen atoms in total. The Morgan fingerprint density at radius 1 is 0.364 bits per heavy atom. The molecule has 3 saturated heterocycles. The summed E-state index contributed by atoms with van der Waals surface area (Å²) in [7, 11) is -2.59. The topological polar surface area (TPSA) is 281 Å². The molecule has 27 heteroatoms. The SMILES string of the molecule is CB(O)O.Cc1nc2ccccc2nc1-c1ccc(CN2CCC(n3c(=O)[nH]c4ccccc43)CC2)cc1.Clc1nc2ccccc2nc1Cl.O=c1[nH]c2ccccc2n1C1CCN(Cc2ccc(-c3nc4ccccc4nc3Cl)cc2)CC1.O=c1[nH]c2ccccc2n1C1CCN(Cc2ccc(B(O)O)cc2)CC1. The van der Waals surface area contributed by atoms with Crippen LogP contribution in [-0.2, 0) is 19.6 Å². The number of hydrogen-bond acceptors (Lipinski definition) is 16. The Hall–Kier alpha value is -10.5. The van der Waals surface area contributed by atoms with Crippen LogP contribution in [0.1, 0.15) is 79.0 Å². The molecule has 0 radical (unpaired) electrons. The van der Waals surface area contributed by atoms with Gasteiger partial charge in [-0.15, -0.1) is 0 Å². The molecule has 3 aliphatic rings. The second-order valence-corrected chi connectivity index (χ2v) is 29.0. The standard InChI is InChI=1S/C28H27N5O.C27H24ClN5O.C19H22BN3O3.C8H4Cl2N2.CH5BO2/c1-19-27(30-24-7-3-2-6-23(24)29-19)21-12-10-20(11-13-21)18-32-16-14-22(15-17-32)33-26-9-5-4-8-25(26)31-28(33)34;28-26-25(29-21-5-1-2-6-22(21)30-26)19-11-9-18(10-12-19)17-32-15-13-20(14-16-32)33-24-8-4-3-7-23(24)31-27(33)34;24-19-21-17-3-1-2-4-18(17)23(19)16-9-11-22(12-10-16)13-14-5-7-15(8-6-14)20(25)26;9-7-8(10)12-6-4-2-1-3-5(6)11-7;1-2(3)4/h2-13,22H,14-18H2,1H3,(H,31,34);1-12,20H,13-17H2,(H,31,34);1-8,16,25-26H,9-13H2,(H,21,24);1-4H;3-4H,1H3. The molecule has 0 amide bonds. The van der Waals surface area contributed by atoms with Crippen LogP contribution in [0.15, 0.2) is 233 Å². The zero-order chi connectivity index (χ0) is 76.4. The van der Waals surface area contributed by atoms with Crippen molar-refractivity contribution in [3.05, 3.63) is 288 Å². The number of nitrogens with zero attached hydrogens (tertiary/aromatic N) is 12. The summed E-state index contributed by atoms with van der Waals surface area (Å²) in [6.07, 6.45) is 5.76. The number of imidazole rings is 3. The van der Waals surface area contributed by atoms with Crippen LogP contribution in [0.2, 0.25) is 22.3 Å². The summed E-state index contributed by atoms with van der Waals surface area (Å²) in [4.78, 5) is 80.5. The number of hydrogen-bond donors (Lipinski definition) is 7. The van der Waals surface area contributed by atoms with E-state index < -0.39 is 14.2 Å². The number of fused-ring (bicyclic) bond motifs is 6. The molecule has 110 heavy (non-hydrogen) atoms. The first-order valence-corrected chi connectivity index (χ1v) is 38.0. The van der Waals surface area contributed by atoms with Crippen LogP contribution in [0, 0.1) is 6.92 Å². The summed E-state index contributed by atoms with van der Waals surface area (Å²) >= 11 is 17.8. The van der Waals surface area contributed by atoms with Gasteiger partial charge >= 0.3 is 31.3 Å². The number of likely N-dealkylation sites (tertiary alicyclic amines) is 3. The lowest BCUT2D eigenvalue weighted by Gasteiger charge is -2.32. The summed E-state index contributed by atoms with van der Waals surface area (Å²) in [6, 6.07) is 72.1. The fourth-order valence-electron chi connectivity index (χ4n) is 14.9. The third-order valence-corrected chi connectivity index (χ3v) is 21.2. The zero-order valence-electron chi connectivity index (χ0n) is 60.8. The molecular weight excluding hydrogens is 1450 g/mol. The molecule has 7 N–H and O–H groups in total. The van der Waals surface area contributed by atoms with E-state index in [2.05, 4.69) is 93.1 Å². The van der Waals surface area contributed by atoms with Crippen molar-refractivity contribution in [1.29, 1.82) is 0 Å². The Balaban J connectivity index is 0.000000126. The number of benzene rings is 9. The number of aryl methyl sites for hydroxylation is 1. The second kappa shape index (κ2) is 35.0. The lowest BCUT2D eigenvalue weighted by atomic mass is 9.80. The van der Waals surface area contributed by atoms with Gasteiger partial charge in [0.05, 0.1) is 77.6 Å². The minimum Gasteiger partial charge on any atom is -0.427 e. The molecule has 9 aromatic carbocycles. The lowest BCUT2D eigenvalue weighted by Crippen LogP contribution is -2.36. The number of para-hydroxylation sites is 12. The van der Waals surface area contributed by atoms with E-state index >= 15 is 0 Å². The van der Waals surface area contributed by atoms with Crippen molar-refractivity contribution < 1.29 is 20.1 Å². The zero-order valence-corrected chi connectivity index (χ0v) is 63.1. The van der Waals surface area contributed by atoms with Gasteiger partial charge in [0.2, 0.25) is 0 Å². The van der Waals surface area contributed by atoms with Crippen LogP contribution in [-0.4, -0.2) is 147 Å². The van der Waals surface area contributed by atoms with Crippen molar-refractivity contribution in [3.63, 3.8) is 0 Å². The van der Waals surface area contributed by atoms with Gasteiger partial charge in [0.15, 0.2) is 15.5 Å². The third kappa shape index (κ3) is 18.2. The van der Waals surface area contributed by atoms with Crippen LogP contribution in [0.3, 0.4) is 0 Å². The van der Waals surface area contributed by atoms with Crippen LogP contribution in [0.25, 0.3) is 88.7 Å². The van der Waals surface area contributed by atoms with Gasteiger partial charge in [-0.05, 0) is 147 Å². The van der Waals surface area contributed by atoms with Gasteiger partial charge < -0.3 is 35.0 Å². The molecule has 0 atom stereocenters. The van der Waals surface area contributed by atoms with E-state index in [9.17, 15) is 14.4 Å². The first-order chi connectivity index (χ1) is 53.4. The number of piperidine rings is 3. The van der Waals surface area contributed by atoms with E-state index in [1.807, 2.05) is 178 Å². The van der Waals surface area contributed by atoms with E-state index in [1.54, 1.807) is 12.1 Å². The van der Waals surface area contributed by atoms with Gasteiger partial charge in [0, 0.05) is 88.2 Å². The van der Waals surface area contributed by atoms with Crippen molar-refractivity contribution in [2.75, 3.05) is 39.3 Å². The Kier molecular flexibility index (Phi) is 24.3. The number of aromatic nitrogens is 12. The second-order valence-electron chi connectivity index (χ2n) is 27.9. The fourth-order valence-corrected chi connectivity index (χ4v) is 15.4. The van der Waals surface area contributed by atoms with E-state index in [1.165, 1.54) is 17.9 Å². The number of aromatic amines is 3. The van der Waals surface area contributed by atoms with E-state index in [4.69, 9.17) is 69.9 Å². The van der Waals surface area contributed by atoms with Crippen LogP contribution >= 0.6 is 34.8 Å². The largest absolute Gasteiger partial charge is 0.488 e. The normalized spacial score (nSPS) is 14.7. The van der Waals surface area contributed by atoms with E-state index in [0.717, 1.165) is 192 Å². The van der Waals surface area contributed by atoms with Crippen molar-refractivity contribution in [3.8, 4) is 22.5 Å². The molecule has 15 aromatic rings.